The highest BCUT2D eigenvalue weighted by Crippen LogP contribution is 2.26. The molecule has 1 aromatic heterocycles. The van der Waals surface area contributed by atoms with Crippen LogP contribution in [0, 0.1) is 5.92 Å². The number of amides is 1. The monoisotopic (exact) mass is 426 g/mol. The summed E-state index contributed by atoms with van der Waals surface area (Å²) in [6.07, 6.45) is 7.33. The number of ether oxygens (including phenoxy) is 2. The van der Waals surface area contributed by atoms with Crippen LogP contribution in [0.5, 0.6) is 5.75 Å². The third-order valence-corrected chi connectivity index (χ3v) is 6.62. The number of nitrogens with one attached hydrogen (secondary N) is 1. The average Bonchev–Trinajstić information content (AvgIpc) is 3.18. The minimum Gasteiger partial charge on any atom is -0.496 e. The third kappa shape index (κ3) is 5.46. The van der Waals surface area contributed by atoms with Gasteiger partial charge in [0.2, 0.25) is 0 Å². The Balaban J connectivity index is 1.33. The molecule has 3 heterocycles. The number of hydrogen-bond donors (Lipinski definition) is 1. The van der Waals surface area contributed by atoms with Crippen molar-refractivity contribution in [2.24, 2.45) is 13.0 Å². The van der Waals surface area contributed by atoms with E-state index in [4.69, 9.17) is 9.47 Å². The number of methoxy groups -OCH3 is 1. The van der Waals surface area contributed by atoms with E-state index < -0.39 is 0 Å². The van der Waals surface area contributed by atoms with Crippen LogP contribution in [-0.2, 0) is 24.8 Å². The normalized spacial score (nSPS) is 18.8. The number of para-hydroxylation sites is 1. The minimum absolute atomic E-state index is 0.0753. The predicted octanol–water partition coefficient (Wildman–Crippen LogP) is 2.79. The molecule has 4 rings (SSSR count). The van der Waals surface area contributed by atoms with Gasteiger partial charge in [-0.15, -0.1) is 0 Å². The summed E-state index contributed by atoms with van der Waals surface area (Å²) in [5.74, 6) is 1.28. The van der Waals surface area contributed by atoms with Gasteiger partial charge in [-0.3, -0.25) is 9.48 Å². The van der Waals surface area contributed by atoms with Crippen molar-refractivity contribution in [1.29, 1.82) is 0 Å². The molecule has 1 N–H and O–H groups in total. The average molecular weight is 427 g/mol. The lowest BCUT2D eigenvalue weighted by atomic mass is 9.89. The number of nitrogens with zero attached hydrogens (tertiary/aromatic N) is 3. The molecule has 2 aromatic rings. The Morgan fingerprint density at radius 1 is 1.19 bits per heavy atom. The van der Waals surface area contributed by atoms with E-state index >= 15 is 0 Å². The molecule has 0 aliphatic carbocycles. The molecule has 2 aliphatic heterocycles. The maximum absolute atomic E-state index is 12.9. The number of benzene rings is 1. The number of piperidine rings is 1. The van der Waals surface area contributed by atoms with E-state index in [1.807, 2.05) is 37.5 Å². The molecule has 0 atom stereocenters. The molecule has 31 heavy (non-hydrogen) atoms. The lowest BCUT2D eigenvalue weighted by molar-refractivity contribution is 0.0211. The van der Waals surface area contributed by atoms with Gasteiger partial charge in [-0.25, -0.2) is 0 Å². The molecule has 168 valence electrons. The Hall–Kier alpha value is -2.38. The minimum atomic E-state index is -0.0753. The topological polar surface area (TPSA) is 68.6 Å². The highest BCUT2D eigenvalue weighted by atomic mass is 16.5. The number of aryl methyl sites for hydroxylation is 1. The van der Waals surface area contributed by atoms with Gasteiger partial charge in [-0.05, 0) is 57.2 Å². The second-order valence-electron chi connectivity index (χ2n) is 8.68. The molecular weight excluding hydrogens is 392 g/mol. The molecule has 0 bridgehead atoms. The van der Waals surface area contributed by atoms with Crippen LogP contribution < -0.4 is 10.1 Å². The van der Waals surface area contributed by atoms with Crippen molar-refractivity contribution in [2.75, 3.05) is 33.4 Å². The van der Waals surface area contributed by atoms with Gasteiger partial charge >= 0.3 is 0 Å². The van der Waals surface area contributed by atoms with Gasteiger partial charge in [0.1, 0.15) is 5.75 Å². The highest BCUT2D eigenvalue weighted by molar-refractivity contribution is 5.95. The molecule has 7 heteroatoms. The van der Waals surface area contributed by atoms with Crippen LogP contribution in [0.3, 0.4) is 0 Å². The molecule has 0 spiro atoms. The molecule has 2 saturated heterocycles. The zero-order valence-corrected chi connectivity index (χ0v) is 18.7. The highest BCUT2D eigenvalue weighted by Gasteiger charge is 2.28. The zero-order valence-electron chi connectivity index (χ0n) is 18.7. The summed E-state index contributed by atoms with van der Waals surface area (Å²) in [6.45, 7) is 4.49. The van der Waals surface area contributed by atoms with Gasteiger partial charge in [0.05, 0.1) is 18.4 Å². The van der Waals surface area contributed by atoms with Crippen LogP contribution in [-0.4, -0.2) is 60.0 Å². The Bertz CT molecular complexity index is 867. The molecule has 0 radical (unpaired) electrons. The van der Waals surface area contributed by atoms with Crippen molar-refractivity contribution in [3.63, 3.8) is 0 Å². The van der Waals surface area contributed by atoms with Crippen LogP contribution >= 0.6 is 0 Å². The van der Waals surface area contributed by atoms with Crippen LogP contribution in [0.4, 0.5) is 0 Å². The maximum atomic E-state index is 12.9. The molecule has 1 amide bonds. The summed E-state index contributed by atoms with van der Waals surface area (Å²) in [7, 11) is 3.53. The Labute approximate surface area is 184 Å². The van der Waals surface area contributed by atoms with Crippen molar-refractivity contribution in [3.8, 4) is 5.75 Å². The van der Waals surface area contributed by atoms with Gasteiger partial charge in [-0.2, -0.15) is 5.10 Å². The molecule has 1 aromatic carbocycles. The summed E-state index contributed by atoms with van der Waals surface area (Å²) >= 11 is 0. The summed E-state index contributed by atoms with van der Waals surface area (Å²) in [5, 5.41) is 7.66. The first-order valence-corrected chi connectivity index (χ1v) is 11.4. The molecular formula is C24H34N4O3. The molecule has 7 nitrogen and oxygen atoms in total. The van der Waals surface area contributed by atoms with E-state index in [9.17, 15) is 4.79 Å². The lowest BCUT2D eigenvalue weighted by Crippen LogP contribution is -2.44. The fourth-order valence-electron chi connectivity index (χ4n) is 4.84. The van der Waals surface area contributed by atoms with Crippen molar-refractivity contribution >= 4 is 5.91 Å². The first kappa shape index (κ1) is 21.8. The number of likely N-dealkylation sites (tertiary alicyclic amines) is 1. The predicted molar refractivity (Wildman–Crippen MR) is 119 cm³/mol. The van der Waals surface area contributed by atoms with Crippen molar-refractivity contribution < 1.29 is 14.3 Å². The summed E-state index contributed by atoms with van der Waals surface area (Å²) in [5.41, 5.74) is 2.55. The molecule has 0 unspecified atom stereocenters. The largest absolute Gasteiger partial charge is 0.496 e. The van der Waals surface area contributed by atoms with Gasteiger partial charge < -0.3 is 19.7 Å². The SMILES string of the molecule is COc1ccccc1CNC(=O)c1cn(C)nc1CC1CCN(C2CCOCC2)CC1. The number of rotatable bonds is 7. The van der Waals surface area contributed by atoms with Crippen molar-refractivity contribution in [1.82, 2.24) is 20.0 Å². The number of hydrogen-bond acceptors (Lipinski definition) is 5. The van der Waals surface area contributed by atoms with Crippen LogP contribution in [0.15, 0.2) is 30.5 Å². The third-order valence-electron chi connectivity index (χ3n) is 6.62. The lowest BCUT2D eigenvalue weighted by Gasteiger charge is -2.39. The summed E-state index contributed by atoms with van der Waals surface area (Å²) < 4.78 is 12.6. The van der Waals surface area contributed by atoms with E-state index in [1.54, 1.807) is 11.8 Å². The number of carbonyl (C=O) groups excluding carboxylic acids is 1. The van der Waals surface area contributed by atoms with E-state index in [0.717, 1.165) is 75.4 Å². The second-order valence-corrected chi connectivity index (χ2v) is 8.68. The van der Waals surface area contributed by atoms with Crippen LogP contribution in [0.1, 0.15) is 47.3 Å². The fraction of sp³-hybridized carbons (Fsp3) is 0.583. The van der Waals surface area contributed by atoms with Gasteiger partial charge in [0.25, 0.3) is 5.91 Å². The van der Waals surface area contributed by atoms with Gasteiger partial charge in [-0.1, -0.05) is 18.2 Å². The maximum Gasteiger partial charge on any atom is 0.255 e. The van der Waals surface area contributed by atoms with Crippen molar-refractivity contribution in [3.05, 3.63) is 47.3 Å². The Morgan fingerprint density at radius 2 is 1.94 bits per heavy atom. The number of aromatic nitrogens is 2. The smallest absolute Gasteiger partial charge is 0.255 e. The number of carbonyl (C=O) groups is 1. The second kappa shape index (κ2) is 10.3. The van der Waals surface area contributed by atoms with E-state index in [0.29, 0.717) is 24.1 Å². The van der Waals surface area contributed by atoms with Gasteiger partial charge in [0.15, 0.2) is 0 Å². The fourth-order valence-corrected chi connectivity index (χ4v) is 4.84. The Kier molecular flexibility index (Phi) is 7.25. The summed E-state index contributed by atoms with van der Waals surface area (Å²) in [6, 6.07) is 8.43. The standard InChI is InChI=1S/C24H34N4O3/c1-27-17-21(24(29)25-16-19-5-3-4-6-23(19)30-2)22(26-27)15-18-7-11-28(12-8-18)20-9-13-31-14-10-20/h3-6,17-18,20H,7-16H2,1-2H3,(H,25,29). The van der Waals surface area contributed by atoms with E-state index in [1.165, 1.54) is 0 Å². The van der Waals surface area contributed by atoms with Crippen LogP contribution in [0.2, 0.25) is 0 Å². The molecule has 0 saturated carbocycles. The quantitative estimate of drug-likeness (QED) is 0.737. The van der Waals surface area contributed by atoms with Gasteiger partial charge in [0, 0.05) is 44.6 Å². The first-order chi connectivity index (χ1) is 15.1. The first-order valence-electron chi connectivity index (χ1n) is 11.4. The van der Waals surface area contributed by atoms with E-state index in [2.05, 4.69) is 15.3 Å². The Morgan fingerprint density at radius 3 is 2.68 bits per heavy atom. The zero-order chi connectivity index (χ0) is 21.6. The molecule has 2 fully saturated rings. The van der Waals surface area contributed by atoms with Crippen LogP contribution in [0.25, 0.3) is 0 Å². The van der Waals surface area contributed by atoms with Crippen molar-refractivity contribution in [2.45, 2.75) is 44.7 Å². The van der Waals surface area contributed by atoms with E-state index in [-0.39, 0.29) is 5.91 Å². The molecule has 2 aliphatic rings. The summed E-state index contributed by atoms with van der Waals surface area (Å²) in [4.78, 5) is 15.6.